The number of nitrogens with zero attached hydrogens (tertiary/aromatic N) is 1. The topological polar surface area (TPSA) is 54.4 Å². The molecule has 1 aromatic heterocycles. The Morgan fingerprint density at radius 1 is 1.30 bits per heavy atom. The van der Waals surface area contributed by atoms with Crippen molar-refractivity contribution >= 4 is 10.9 Å². The Bertz CT molecular complexity index is 555. The van der Waals surface area contributed by atoms with E-state index in [0.717, 1.165) is 29.6 Å². The summed E-state index contributed by atoms with van der Waals surface area (Å²) in [6, 6.07) is 9.94. The fourth-order valence-electron chi connectivity index (χ4n) is 2.14. The Morgan fingerprint density at radius 2 is 2.10 bits per heavy atom. The lowest BCUT2D eigenvalue weighted by atomic mass is 9.93. The van der Waals surface area contributed by atoms with Gasteiger partial charge in [-0.2, -0.15) is 0 Å². The molecule has 0 amide bonds. The summed E-state index contributed by atoms with van der Waals surface area (Å²) in [5, 5.41) is 14.9. The van der Waals surface area contributed by atoms with Crippen LogP contribution in [-0.4, -0.2) is 36.9 Å². The lowest BCUT2D eigenvalue weighted by molar-refractivity contribution is 0.0473. The molecule has 0 radical (unpaired) electrons. The number of methoxy groups -OCH3 is 1. The summed E-state index contributed by atoms with van der Waals surface area (Å²) in [6.45, 7) is 4.04. The zero-order valence-corrected chi connectivity index (χ0v) is 12.1. The first-order valence-corrected chi connectivity index (χ1v) is 6.91. The van der Waals surface area contributed by atoms with Crippen LogP contribution in [0.3, 0.4) is 0 Å². The van der Waals surface area contributed by atoms with Crippen molar-refractivity contribution < 1.29 is 9.84 Å². The first kappa shape index (κ1) is 14.9. The summed E-state index contributed by atoms with van der Waals surface area (Å²) in [5.41, 5.74) is 0.923. The van der Waals surface area contributed by atoms with E-state index in [9.17, 15) is 5.11 Å². The summed E-state index contributed by atoms with van der Waals surface area (Å²) in [5.74, 6) is 0. The number of aliphatic hydroxyl groups is 1. The fraction of sp³-hybridized carbons (Fsp3) is 0.438. The van der Waals surface area contributed by atoms with Crippen molar-refractivity contribution in [3.05, 3.63) is 42.1 Å². The maximum absolute atomic E-state index is 10.6. The fourth-order valence-corrected chi connectivity index (χ4v) is 2.14. The highest BCUT2D eigenvalue weighted by molar-refractivity contribution is 5.78. The first-order chi connectivity index (χ1) is 9.63. The predicted octanol–water partition coefficient (Wildman–Crippen LogP) is 2.07. The Hall–Kier alpha value is -1.49. The molecule has 0 fully saturated rings. The largest absolute Gasteiger partial charge is 0.385 e. The molecule has 0 saturated heterocycles. The molecule has 1 atom stereocenters. The molecule has 0 spiro atoms. The second-order valence-electron chi connectivity index (χ2n) is 5.18. The van der Waals surface area contributed by atoms with Gasteiger partial charge in [0.1, 0.15) is 0 Å². The maximum atomic E-state index is 10.6. The number of fused-ring (bicyclic) bond motifs is 1. The van der Waals surface area contributed by atoms with E-state index in [1.54, 1.807) is 13.3 Å². The SMILES string of the molecule is COCCNCCC(C)(O)c1cnc2ccccc2c1. The second kappa shape index (κ2) is 6.79. The number of nitrogens with one attached hydrogen (secondary N) is 1. The van der Waals surface area contributed by atoms with Gasteiger partial charge < -0.3 is 15.2 Å². The first-order valence-electron chi connectivity index (χ1n) is 6.91. The predicted molar refractivity (Wildman–Crippen MR) is 80.7 cm³/mol. The monoisotopic (exact) mass is 274 g/mol. The number of benzene rings is 1. The van der Waals surface area contributed by atoms with Gasteiger partial charge in [-0.05, 0) is 32.0 Å². The zero-order valence-electron chi connectivity index (χ0n) is 12.1. The van der Waals surface area contributed by atoms with Gasteiger partial charge >= 0.3 is 0 Å². The highest BCUT2D eigenvalue weighted by Crippen LogP contribution is 2.25. The molecule has 20 heavy (non-hydrogen) atoms. The van der Waals surface area contributed by atoms with Crippen LogP contribution in [0.1, 0.15) is 18.9 Å². The number of para-hydroxylation sites is 1. The van der Waals surface area contributed by atoms with Crippen LogP contribution in [-0.2, 0) is 10.3 Å². The number of hydrogen-bond donors (Lipinski definition) is 2. The molecule has 2 aromatic rings. The van der Waals surface area contributed by atoms with E-state index in [0.29, 0.717) is 13.0 Å². The third kappa shape index (κ3) is 3.76. The maximum Gasteiger partial charge on any atom is 0.0895 e. The third-order valence-electron chi connectivity index (χ3n) is 3.48. The second-order valence-corrected chi connectivity index (χ2v) is 5.18. The number of rotatable bonds is 7. The number of aromatic nitrogens is 1. The van der Waals surface area contributed by atoms with E-state index in [2.05, 4.69) is 10.3 Å². The average molecular weight is 274 g/mol. The van der Waals surface area contributed by atoms with Crippen molar-refractivity contribution in [2.75, 3.05) is 26.8 Å². The summed E-state index contributed by atoms with van der Waals surface area (Å²) in [7, 11) is 1.68. The van der Waals surface area contributed by atoms with Crippen molar-refractivity contribution in [2.24, 2.45) is 0 Å². The minimum Gasteiger partial charge on any atom is -0.385 e. The minimum atomic E-state index is -0.878. The summed E-state index contributed by atoms with van der Waals surface area (Å²) in [4.78, 5) is 4.40. The van der Waals surface area contributed by atoms with Crippen LogP contribution in [0.2, 0.25) is 0 Å². The molecule has 108 valence electrons. The molecule has 1 heterocycles. The van der Waals surface area contributed by atoms with E-state index in [1.807, 2.05) is 37.3 Å². The van der Waals surface area contributed by atoms with Gasteiger partial charge in [0.2, 0.25) is 0 Å². The molecule has 0 bridgehead atoms. The smallest absolute Gasteiger partial charge is 0.0895 e. The molecule has 1 aromatic carbocycles. The van der Waals surface area contributed by atoms with Crippen LogP contribution in [0.25, 0.3) is 10.9 Å². The summed E-state index contributed by atoms with van der Waals surface area (Å²) < 4.78 is 4.97. The van der Waals surface area contributed by atoms with Crippen LogP contribution in [0.15, 0.2) is 36.5 Å². The lowest BCUT2D eigenvalue weighted by Gasteiger charge is -2.24. The number of pyridine rings is 1. The van der Waals surface area contributed by atoms with Gasteiger partial charge in [0.05, 0.1) is 17.7 Å². The van der Waals surface area contributed by atoms with Gasteiger partial charge in [0.15, 0.2) is 0 Å². The normalized spacial score (nSPS) is 14.3. The minimum absolute atomic E-state index is 0.636. The van der Waals surface area contributed by atoms with Gasteiger partial charge in [-0.25, -0.2) is 0 Å². The van der Waals surface area contributed by atoms with Crippen LogP contribution in [0.4, 0.5) is 0 Å². The van der Waals surface area contributed by atoms with Crippen molar-refractivity contribution in [1.29, 1.82) is 0 Å². The molecule has 2 N–H and O–H groups in total. The Morgan fingerprint density at radius 3 is 2.90 bits per heavy atom. The Kier molecular flexibility index (Phi) is 5.06. The molecule has 2 rings (SSSR count). The molecular formula is C16H22N2O2. The van der Waals surface area contributed by atoms with Gasteiger partial charge in [0, 0.05) is 30.8 Å². The molecule has 0 aliphatic carbocycles. The van der Waals surface area contributed by atoms with Gasteiger partial charge in [0.25, 0.3) is 0 Å². The van der Waals surface area contributed by atoms with Crippen molar-refractivity contribution in [3.8, 4) is 0 Å². The highest BCUT2D eigenvalue weighted by atomic mass is 16.5. The van der Waals surface area contributed by atoms with Crippen LogP contribution in [0.5, 0.6) is 0 Å². The quantitative estimate of drug-likeness (QED) is 0.759. The van der Waals surface area contributed by atoms with Gasteiger partial charge in [-0.3, -0.25) is 4.98 Å². The molecule has 0 aliphatic rings. The molecule has 1 unspecified atom stereocenters. The number of hydrogen-bond acceptors (Lipinski definition) is 4. The van der Waals surface area contributed by atoms with Crippen LogP contribution < -0.4 is 5.32 Å². The van der Waals surface area contributed by atoms with Gasteiger partial charge in [-0.1, -0.05) is 18.2 Å². The zero-order chi connectivity index (χ0) is 14.4. The Labute approximate surface area is 119 Å². The highest BCUT2D eigenvalue weighted by Gasteiger charge is 2.23. The van der Waals surface area contributed by atoms with E-state index >= 15 is 0 Å². The van der Waals surface area contributed by atoms with Gasteiger partial charge in [-0.15, -0.1) is 0 Å². The van der Waals surface area contributed by atoms with Crippen molar-refractivity contribution in [1.82, 2.24) is 10.3 Å². The third-order valence-corrected chi connectivity index (χ3v) is 3.48. The lowest BCUT2D eigenvalue weighted by Crippen LogP contribution is -2.29. The van der Waals surface area contributed by atoms with Crippen LogP contribution >= 0.6 is 0 Å². The van der Waals surface area contributed by atoms with Crippen molar-refractivity contribution in [2.45, 2.75) is 18.9 Å². The standard InChI is InChI=1S/C16H22N2O2/c1-16(19,7-8-17-9-10-20-2)14-11-13-5-3-4-6-15(13)18-12-14/h3-6,11-12,17,19H,7-10H2,1-2H3. The Balaban J connectivity index is 2.02. The molecule has 4 heteroatoms. The van der Waals surface area contributed by atoms with Crippen LogP contribution in [0, 0.1) is 0 Å². The van der Waals surface area contributed by atoms with Crippen molar-refractivity contribution in [3.63, 3.8) is 0 Å². The van der Waals surface area contributed by atoms with E-state index in [-0.39, 0.29) is 0 Å². The molecule has 0 saturated carbocycles. The molecule has 4 nitrogen and oxygen atoms in total. The molecular weight excluding hydrogens is 252 g/mol. The summed E-state index contributed by atoms with van der Waals surface area (Å²) in [6.07, 6.45) is 2.40. The average Bonchev–Trinajstić information content (AvgIpc) is 2.46. The van der Waals surface area contributed by atoms with E-state index < -0.39 is 5.60 Å². The number of ether oxygens (including phenoxy) is 1. The molecule has 0 aliphatic heterocycles. The van der Waals surface area contributed by atoms with E-state index in [1.165, 1.54) is 0 Å². The summed E-state index contributed by atoms with van der Waals surface area (Å²) >= 11 is 0. The van der Waals surface area contributed by atoms with E-state index in [4.69, 9.17) is 4.74 Å².